The SMILES string of the molecule is CN(C(=O)COCC(F)(F)F)c1ccc(O)cc1. The summed E-state index contributed by atoms with van der Waals surface area (Å²) in [4.78, 5) is 12.6. The zero-order valence-corrected chi connectivity index (χ0v) is 9.57. The number of alkyl halides is 3. The Morgan fingerprint density at radius 2 is 1.89 bits per heavy atom. The number of ether oxygens (including phenoxy) is 1. The van der Waals surface area contributed by atoms with Crippen LogP contribution in [0.3, 0.4) is 0 Å². The number of nitrogens with zero attached hydrogens (tertiary/aromatic N) is 1. The molecular weight excluding hydrogens is 251 g/mol. The van der Waals surface area contributed by atoms with Crippen molar-refractivity contribution in [2.45, 2.75) is 6.18 Å². The first kappa shape index (κ1) is 14.3. The lowest BCUT2D eigenvalue weighted by Crippen LogP contribution is -2.31. The molecule has 0 aromatic heterocycles. The van der Waals surface area contributed by atoms with Gasteiger partial charge >= 0.3 is 6.18 Å². The first-order chi connectivity index (χ1) is 8.29. The normalized spacial score (nSPS) is 11.3. The van der Waals surface area contributed by atoms with Gasteiger partial charge in [-0.15, -0.1) is 0 Å². The van der Waals surface area contributed by atoms with Crippen molar-refractivity contribution in [1.82, 2.24) is 0 Å². The highest BCUT2D eigenvalue weighted by atomic mass is 19.4. The van der Waals surface area contributed by atoms with Gasteiger partial charge in [-0.3, -0.25) is 4.79 Å². The molecule has 0 unspecified atom stereocenters. The molecule has 0 aliphatic heterocycles. The molecule has 0 spiro atoms. The lowest BCUT2D eigenvalue weighted by atomic mass is 10.3. The lowest BCUT2D eigenvalue weighted by Gasteiger charge is -2.17. The Kier molecular flexibility index (Phi) is 4.55. The average Bonchev–Trinajstić information content (AvgIpc) is 2.27. The van der Waals surface area contributed by atoms with Gasteiger partial charge in [0.15, 0.2) is 0 Å². The van der Waals surface area contributed by atoms with Crippen LogP contribution in [0.1, 0.15) is 0 Å². The van der Waals surface area contributed by atoms with E-state index in [1.807, 2.05) is 0 Å². The minimum Gasteiger partial charge on any atom is -0.508 e. The third kappa shape index (κ3) is 4.62. The zero-order valence-electron chi connectivity index (χ0n) is 9.57. The smallest absolute Gasteiger partial charge is 0.411 e. The van der Waals surface area contributed by atoms with Gasteiger partial charge in [-0.2, -0.15) is 13.2 Å². The van der Waals surface area contributed by atoms with Gasteiger partial charge in [0.25, 0.3) is 5.91 Å². The van der Waals surface area contributed by atoms with Crippen molar-refractivity contribution in [2.24, 2.45) is 0 Å². The molecule has 1 amide bonds. The van der Waals surface area contributed by atoms with Crippen LogP contribution in [0.25, 0.3) is 0 Å². The van der Waals surface area contributed by atoms with Gasteiger partial charge in [0, 0.05) is 12.7 Å². The van der Waals surface area contributed by atoms with Gasteiger partial charge in [0.05, 0.1) is 0 Å². The Bertz CT molecular complexity index is 403. The zero-order chi connectivity index (χ0) is 13.8. The summed E-state index contributed by atoms with van der Waals surface area (Å²) in [5.74, 6) is -0.571. The van der Waals surface area contributed by atoms with Crippen molar-refractivity contribution < 1.29 is 27.8 Å². The molecule has 100 valence electrons. The molecule has 0 bridgehead atoms. The van der Waals surface area contributed by atoms with E-state index < -0.39 is 25.3 Å². The topological polar surface area (TPSA) is 49.8 Å². The van der Waals surface area contributed by atoms with Gasteiger partial charge in [-0.25, -0.2) is 0 Å². The predicted octanol–water partition coefficient (Wildman–Crippen LogP) is 1.93. The molecular formula is C11H12F3NO3. The molecule has 0 heterocycles. The van der Waals surface area contributed by atoms with Crippen LogP contribution in [0.2, 0.25) is 0 Å². The van der Waals surface area contributed by atoms with E-state index >= 15 is 0 Å². The molecule has 0 fully saturated rings. The van der Waals surface area contributed by atoms with Gasteiger partial charge in [0.1, 0.15) is 19.0 Å². The van der Waals surface area contributed by atoms with Gasteiger partial charge < -0.3 is 14.7 Å². The predicted molar refractivity (Wildman–Crippen MR) is 58.4 cm³/mol. The summed E-state index contributed by atoms with van der Waals surface area (Å²) in [6.45, 7) is -2.11. The van der Waals surface area contributed by atoms with Crippen LogP contribution in [0.4, 0.5) is 18.9 Å². The van der Waals surface area contributed by atoms with E-state index in [1.54, 1.807) is 0 Å². The number of anilines is 1. The molecule has 1 aromatic rings. The number of phenolic OH excluding ortho intramolecular Hbond substituents is 1. The molecule has 7 heteroatoms. The number of amides is 1. The fourth-order valence-electron chi connectivity index (χ4n) is 1.17. The highest BCUT2D eigenvalue weighted by Crippen LogP contribution is 2.18. The van der Waals surface area contributed by atoms with Crippen LogP contribution in [-0.4, -0.2) is 37.5 Å². The Hall–Kier alpha value is -1.76. The van der Waals surface area contributed by atoms with Crippen molar-refractivity contribution in [3.63, 3.8) is 0 Å². The average molecular weight is 263 g/mol. The number of hydrogen-bond donors (Lipinski definition) is 1. The van der Waals surface area contributed by atoms with E-state index in [9.17, 15) is 18.0 Å². The Balaban J connectivity index is 2.49. The third-order valence-electron chi connectivity index (χ3n) is 2.10. The van der Waals surface area contributed by atoms with E-state index in [-0.39, 0.29) is 5.75 Å². The first-order valence-corrected chi connectivity index (χ1v) is 4.99. The monoisotopic (exact) mass is 263 g/mol. The fraction of sp³-hybridized carbons (Fsp3) is 0.364. The minimum atomic E-state index is -4.45. The summed E-state index contributed by atoms with van der Waals surface area (Å²) < 4.78 is 39.7. The summed E-state index contributed by atoms with van der Waals surface area (Å²) in [5, 5.41) is 9.05. The highest BCUT2D eigenvalue weighted by Gasteiger charge is 2.28. The van der Waals surface area contributed by atoms with Crippen molar-refractivity contribution >= 4 is 11.6 Å². The largest absolute Gasteiger partial charge is 0.508 e. The standard InChI is InChI=1S/C11H12F3NO3/c1-15(8-2-4-9(16)5-3-8)10(17)6-18-7-11(12,13)14/h2-5,16H,6-7H2,1H3. The maximum absolute atomic E-state index is 11.8. The number of rotatable bonds is 4. The van der Waals surface area contributed by atoms with Crippen LogP contribution in [0.5, 0.6) is 5.75 Å². The molecule has 1 N–H and O–H groups in total. The number of phenols is 1. The second-order valence-corrected chi connectivity index (χ2v) is 3.58. The number of likely N-dealkylation sites (N-methyl/N-ethyl adjacent to an activating group) is 1. The fourth-order valence-corrected chi connectivity index (χ4v) is 1.17. The molecule has 0 aliphatic rings. The summed E-state index contributed by atoms with van der Waals surface area (Å²) >= 11 is 0. The second kappa shape index (κ2) is 5.72. The summed E-state index contributed by atoms with van der Waals surface area (Å²) in [7, 11) is 1.41. The molecule has 0 aliphatic carbocycles. The van der Waals surface area contributed by atoms with Crippen molar-refractivity contribution in [3.8, 4) is 5.75 Å². The molecule has 0 saturated heterocycles. The first-order valence-electron chi connectivity index (χ1n) is 4.99. The number of halogens is 3. The Morgan fingerprint density at radius 1 is 1.33 bits per heavy atom. The number of aromatic hydroxyl groups is 1. The third-order valence-corrected chi connectivity index (χ3v) is 2.10. The van der Waals surface area contributed by atoms with Crippen LogP contribution in [0, 0.1) is 0 Å². The van der Waals surface area contributed by atoms with Crippen LogP contribution >= 0.6 is 0 Å². The number of benzene rings is 1. The minimum absolute atomic E-state index is 0.0351. The van der Waals surface area contributed by atoms with E-state index in [1.165, 1.54) is 31.3 Å². The van der Waals surface area contributed by atoms with Crippen LogP contribution in [-0.2, 0) is 9.53 Å². The summed E-state index contributed by atoms with van der Waals surface area (Å²) in [5.41, 5.74) is 0.452. The van der Waals surface area contributed by atoms with Crippen molar-refractivity contribution in [3.05, 3.63) is 24.3 Å². The van der Waals surface area contributed by atoms with Crippen LogP contribution in [0.15, 0.2) is 24.3 Å². The highest BCUT2D eigenvalue weighted by molar-refractivity contribution is 5.93. The molecule has 0 saturated carbocycles. The van der Waals surface area contributed by atoms with Gasteiger partial charge in [-0.1, -0.05) is 0 Å². The Morgan fingerprint density at radius 3 is 2.39 bits per heavy atom. The van der Waals surface area contributed by atoms with E-state index in [2.05, 4.69) is 4.74 Å². The molecule has 18 heavy (non-hydrogen) atoms. The molecule has 0 radical (unpaired) electrons. The molecule has 1 aromatic carbocycles. The second-order valence-electron chi connectivity index (χ2n) is 3.58. The van der Waals surface area contributed by atoms with E-state index in [0.717, 1.165) is 4.90 Å². The van der Waals surface area contributed by atoms with Crippen molar-refractivity contribution in [2.75, 3.05) is 25.2 Å². The van der Waals surface area contributed by atoms with Gasteiger partial charge in [-0.05, 0) is 24.3 Å². The van der Waals surface area contributed by atoms with Gasteiger partial charge in [0.2, 0.25) is 0 Å². The lowest BCUT2D eigenvalue weighted by molar-refractivity contribution is -0.175. The van der Waals surface area contributed by atoms with Crippen molar-refractivity contribution in [1.29, 1.82) is 0 Å². The molecule has 0 atom stereocenters. The molecule has 1 rings (SSSR count). The number of carbonyl (C=O) groups is 1. The van der Waals surface area contributed by atoms with Crippen LogP contribution < -0.4 is 4.90 Å². The quantitative estimate of drug-likeness (QED) is 0.903. The molecule has 4 nitrogen and oxygen atoms in total. The number of carbonyl (C=O) groups excluding carboxylic acids is 1. The maximum atomic E-state index is 11.8. The van der Waals surface area contributed by atoms with E-state index in [4.69, 9.17) is 5.11 Å². The summed E-state index contributed by atoms with van der Waals surface area (Å²) in [6, 6.07) is 5.68. The number of hydrogen-bond acceptors (Lipinski definition) is 3. The Labute approximate surface area is 102 Å². The van der Waals surface area contributed by atoms with E-state index in [0.29, 0.717) is 5.69 Å². The summed E-state index contributed by atoms with van der Waals surface area (Å²) in [6.07, 6.45) is -4.45. The maximum Gasteiger partial charge on any atom is 0.411 e.